The minimum atomic E-state index is -2.65. The molecule has 0 aromatic rings. The van der Waals surface area contributed by atoms with Crippen LogP contribution in [0.15, 0.2) is 0 Å². The van der Waals surface area contributed by atoms with E-state index in [2.05, 4.69) is 0 Å². The molecule has 1 unspecified atom stereocenters. The molecule has 0 rings (SSSR count). The van der Waals surface area contributed by atoms with E-state index in [0.29, 0.717) is 6.42 Å². The quantitative estimate of drug-likeness (QED) is 0.654. The van der Waals surface area contributed by atoms with E-state index < -0.39 is 14.8 Å². The van der Waals surface area contributed by atoms with Gasteiger partial charge < -0.3 is 18.4 Å². The number of hydrogen-bond donors (Lipinski definition) is 1. The first-order valence-corrected chi connectivity index (χ1v) is 6.19. The van der Waals surface area contributed by atoms with Gasteiger partial charge in [0, 0.05) is 33.3 Å². The summed E-state index contributed by atoms with van der Waals surface area (Å²) in [5.74, 6) is -0.817. The fraction of sp³-hybridized carbons (Fsp3) is 0.875. The summed E-state index contributed by atoms with van der Waals surface area (Å²) in [6.45, 7) is 1.88. The van der Waals surface area contributed by atoms with Crippen LogP contribution >= 0.6 is 0 Å². The third kappa shape index (κ3) is 3.37. The van der Waals surface area contributed by atoms with Crippen molar-refractivity contribution in [2.45, 2.75) is 25.3 Å². The predicted molar refractivity (Wildman–Crippen MR) is 53.1 cm³/mol. The Balaban J connectivity index is 4.28. The summed E-state index contributed by atoms with van der Waals surface area (Å²) in [7, 11) is 1.92. The molecule has 0 aliphatic rings. The lowest BCUT2D eigenvalue weighted by Gasteiger charge is -2.29. The van der Waals surface area contributed by atoms with Gasteiger partial charge >= 0.3 is 14.8 Å². The number of carbonyl (C=O) groups is 1. The molecule has 0 heterocycles. The molecule has 0 aliphatic carbocycles. The number of hydrogen-bond acceptors (Lipinski definition) is 4. The maximum absolute atomic E-state index is 10.4. The lowest BCUT2D eigenvalue weighted by atomic mass is 10.2. The molecule has 5 nitrogen and oxygen atoms in total. The van der Waals surface area contributed by atoms with Gasteiger partial charge in [0.15, 0.2) is 0 Å². The molecule has 0 spiro atoms. The Kier molecular flexibility index (Phi) is 5.94. The van der Waals surface area contributed by atoms with Crippen molar-refractivity contribution >= 4 is 14.8 Å². The van der Waals surface area contributed by atoms with E-state index in [1.807, 2.05) is 6.92 Å². The SMILES string of the molecule is CO[Si](OC)(OC)C(C)CCC(=O)O. The second-order valence-corrected chi connectivity index (χ2v) is 6.47. The zero-order valence-corrected chi connectivity index (χ0v) is 10.1. The van der Waals surface area contributed by atoms with Gasteiger partial charge in [0.1, 0.15) is 0 Å². The van der Waals surface area contributed by atoms with Gasteiger partial charge in [-0.05, 0) is 6.42 Å². The molecule has 0 bridgehead atoms. The number of rotatable bonds is 7. The maximum Gasteiger partial charge on any atom is 0.503 e. The van der Waals surface area contributed by atoms with Crippen LogP contribution in [-0.2, 0) is 18.1 Å². The predicted octanol–water partition coefficient (Wildman–Crippen LogP) is 1.12. The van der Waals surface area contributed by atoms with Crippen molar-refractivity contribution < 1.29 is 23.2 Å². The van der Waals surface area contributed by atoms with Crippen molar-refractivity contribution in [1.29, 1.82) is 0 Å². The van der Waals surface area contributed by atoms with Crippen molar-refractivity contribution in [3.8, 4) is 0 Å². The molecular formula is C8H18O5Si. The van der Waals surface area contributed by atoms with E-state index in [0.717, 1.165) is 0 Å². The summed E-state index contributed by atoms with van der Waals surface area (Å²) < 4.78 is 15.7. The van der Waals surface area contributed by atoms with Gasteiger partial charge in [0.25, 0.3) is 0 Å². The summed E-state index contributed by atoms with van der Waals surface area (Å²) in [5, 5.41) is 8.54. The summed E-state index contributed by atoms with van der Waals surface area (Å²) in [6.07, 6.45) is 0.600. The third-order valence-corrected chi connectivity index (χ3v) is 5.45. The first-order chi connectivity index (χ1) is 6.52. The Morgan fingerprint density at radius 3 is 2.00 bits per heavy atom. The molecule has 1 N–H and O–H groups in total. The maximum atomic E-state index is 10.4. The molecule has 6 heteroatoms. The first-order valence-electron chi connectivity index (χ1n) is 4.39. The zero-order chi connectivity index (χ0) is 11.2. The van der Waals surface area contributed by atoms with Crippen LogP contribution in [0.4, 0.5) is 0 Å². The molecule has 0 radical (unpaired) electrons. The Hall–Kier alpha value is -0.433. The Morgan fingerprint density at radius 1 is 1.29 bits per heavy atom. The van der Waals surface area contributed by atoms with E-state index in [-0.39, 0.29) is 12.0 Å². The van der Waals surface area contributed by atoms with E-state index in [4.69, 9.17) is 18.4 Å². The molecule has 0 saturated carbocycles. The van der Waals surface area contributed by atoms with Crippen molar-refractivity contribution in [3.05, 3.63) is 0 Å². The lowest BCUT2D eigenvalue weighted by molar-refractivity contribution is -0.137. The molecule has 84 valence electrons. The standard InChI is InChI=1S/C8H18O5Si/c1-7(5-6-8(9)10)14(11-2,12-3)13-4/h7H,5-6H2,1-4H3,(H,9,10). The van der Waals surface area contributed by atoms with Crippen molar-refractivity contribution in [2.75, 3.05) is 21.3 Å². The van der Waals surface area contributed by atoms with Crippen LogP contribution in [-0.4, -0.2) is 41.2 Å². The van der Waals surface area contributed by atoms with E-state index in [1.165, 1.54) is 21.3 Å². The highest BCUT2D eigenvalue weighted by Crippen LogP contribution is 2.27. The minimum Gasteiger partial charge on any atom is -0.481 e. The molecular weight excluding hydrogens is 204 g/mol. The summed E-state index contributed by atoms with van der Waals surface area (Å²) in [5.41, 5.74) is -0.0152. The molecule has 0 saturated heterocycles. The summed E-state index contributed by atoms with van der Waals surface area (Å²) in [4.78, 5) is 10.4. The highest BCUT2D eigenvalue weighted by atomic mass is 28.4. The monoisotopic (exact) mass is 222 g/mol. The fourth-order valence-corrected chi connectivity index (χ4v) is 3.58. The molecule has 0 aromatic carbocycles. The van der Waals surface area contributed by atoms with Crippen LogP contribution in [0.2, 0.25) is 5.54 Å². The Morgan fingerprint density at radius 2 is 1.71 bits per heavy atom. The van der Waals surface area contributed by atoms with Crippen molar-refractivity contribution in [1.82, 2.24) is 0 Å². The Labute approximate surface area is 85.3 Å². The highest BCUT2D eigenvalue weighted by molar-refractivity contribution is 6.62. The fourth-order valence-electron chi connectivity index (χ4n) is 1.37. The molecule has 14 heavy (non-hydrogen) atoms. The van der Waals surface area contributed by atoms with Crippen LogP contribution in [0, 0.1) is 0 Å². The normalized spacial score (nSPS) is 14.0. The molecule has 1 atom stereocenters. The minimum absolute atomic E-state index is 0.0152. The molecule has 0 aromatic heterocycles. The van der Waals surface area contributed by atoms with Gasteiger partial charge in [-0.1, -0.05) is 6.92 Å². The molecule has 0 amide bonds. The van der Waals surface area contributed by atoms with Gasteiger partial charge in [-0.15, -0.1) is 0 Å². The van der Waals surface area contributed by atoms with Crippen LogP contribution in [0.1, 0.15) is 19.8 Å². The second kappa shape index (κ2) is 6.13. The van der Waals surface area contributed by atoms with Gasteiger partial charge in [-0.2, -0.15) is 0 Å². The van der Waals surface area contributed by atoms with E-state index >= 15 is 0 Å². The number of carboxylic acids is 1. The topological polar surface area (TPSA) is 65.0 Å². The van der Waals surface area contributed by atoms with Crippen LogP contribution < -0.4 is 0 Å². The molecule has 0 fully saturated rings. The number of carboxylic acid groups (broad SMARTS) is 1. The van der Waals surface area contributed by atoms with Gasteiger partial charge in [0.05, 0.1) is 0 Å². The van der Waals surface area contributed by atoms with Gasteiger partial charge in [0.2, 0.25) is 0 Å². The van der Waals surface area contributed by atoms with E-state index in [1.54, 1.807) is 0 Å². The first kappa shape index (κ1) is 13.6. The average molecular weight is 222 g/mol. The third-order valence-electron chi connectivity index (χ3n) is 2.25. The summed E-state index contributed by atoms with van der Waals surface area (Å²) >= 11 is 0. The largest absolute Gasteiger partial charge is 0.503 e. The van der Waals surface area contributed by atoms with Gasteiger partial charge in [-0.25, -0.2) is 0 Å². The highest BCUT2D eigenvalue weighted by Gasteiger charge is 2.44. The van der Waals surface area contributed by atoms with Gasteiger partial charge in [-0.3, -0.25) is 4.79 Å². The van der Waals surface area contributed by atoms with Crippen LogP contribution in [0.25, 0.3) is 0 Å². The second-order valence-electron chi connectivity index (χ2n) is 3.05. The van der Waals surface area contributed by atoms with E-state index in [9.17, 15) is 4.79 Å². The smallest absolute Gasteiger partial charge is 0.481 e. The van der Waals surface area contributed by atoms with Crippen molar-refractivity contribution in [2.24, 2.45) is 0 Å². The van der Waals surface area contributed by atoms with Crippen LogP contribution in [0.5, 0.6) is 0 Å². The average Bonchev–Trinajstić information content (AvgIpc) is 2.18. The molecule has 0 aliphatic heterocycles. The van der Waals surface area contributed by atoms with Crippen LogP contribution in [0.3, 0.4) is 0 Å². The lowest BCUT2D eigenvalue weighted by Crippen LogP contribution is -2.46. The van der Waals surface area contributed by atoms with Crippen molar-refractivity contribution in [3.63, 3.8) is 0 Å². The number of aliphatic carboxylic acids is 1. The summed E-state index contributed by atoms with van der Waals surface area (Å²) in [6, 6.07) is 0. The zero-order valence-electron chi connectivity index (χ0n) is 9.07. The Bertz CT molecular complexity index is 172.